The van der Waals surface area contributed by atoms with E-state index in [0.717, 1.165) is 32.1 Å². The van der Waals surface area contributed by atoms with Crippen molar-refractivity contribution in [2.45, 2.75) is 37.6 Å². The van der Waals surface area contributed by atoms with Gasteiger partial charge in [-0.05, 0) is 25.0 Å². The number of carbonyl (C=O) groups excluding carboxylic acids is 1. The Morgan fingerprint density at radius 3 is 2.68 bits per heavy atom. The van der Waals surface area contributed by atoms with Gasteiger partial charge >= 0.3 is 0 Å². The van der Waals surface area contributed by atoms with Crippen LogP contribution in [0.15, 0.2) is 18.2 Å². The summed E-state index contributed by atoms with van der Waals surface area (Å²) in [6.07, 6.45) is 4.45. The Bertz CT molecular complexity index is 473. The molecular formula is C14H17ClFNO2. The number of hydrogen-bond donors (Lipinski definition) is 2. The van der Waals surface area contributed by atoms with Crippen LogP contribution in [0.3, 0.4) is 0 Å². The molecule has 1 amide bonds. The number of benzene rings is 1. The molecule has 0 aromatic heterocycles. The van der Waals surface area contributed by atoms with Gasteiger partial charge in [0.05, 0.1) is 22.7 Å². The van der Waals surface area contributed by atoms with E-state index in [9.17, 15) is 14.3 Å². The Balaban J connectivity index is 2.17. The van der Waals surface area contributed by atoms with Gasteiger partial charge < -0.3 is 10.4 Å². The lowest BCUT2D eigenvalue weighted by Gasteiger charge is -2.36. The minimum Gasteiger partial charge on any atom is -0.394 e. The Hall–Kier alpha value is -1.13. The highest BCUT2D eigenvalue weighted by Crippen LogP contribution is 2.28. The minimum absolute atomic E-state index is 0.0747. The summed E-state index contributed by atoms with van der Waals surface area (Å²) in [5, 5.41) is 12.2. The summed E-state index contributed by atoms with van der Waals surface area (Å²) in [6, 6.07) is 4.33. The molecule has 1 aromatic rings. The molecular weight excluding hydrogens is 269 g/mol. The van der Waals surface area contributed by atoms with Gasteiger partial charge in [-0.25, -0.2) is 4.39 Å². The van der Waals surface area contributed by atoms with Crippen LogP contribution in [0, 0.1) is 5.82 Å². The van der Waals surface area contributed by atoms with E-state index in [-0.39, 0.29) is 17.2 Å². The quantitative estimate of drug-likeness (QED) is 0.897. The number of rotatable bonds is 3. The van der Waals surface area contributed by atoms with Crippen LogP contribution in [0.1, 0.15) is 42.5 Å². The zero-order valence-electron chi connectivity index (χ0n) is 10.6. The van der Waals surface area contributed by atoms with Crippen molar-refractivity contribution in [1.29, 1.82) is 0 Å². The lowest BCUT2D eigenvalue weighted by Crippen LogP contribution is -2.52. The van der Waals surface area contributed by atoms with E-state index >= 15 is 0 Å². The predicted octanol–water partition coefficient (Wildman–Crippen LogP) is 2.90. The molecule has 1 fully saturated rings. The maximum absolute atomic E-state index is 13.8. The number of halogens is 2. The van der Waals surface area contributed by atoms with E-state index in [4.69, 9.17) is 11.6 Å². The van der Waals surface area contributed by atoms with Crippen LogP contribution in [-0.4, -0.2) is 23.2 Å². The fourth-order valence-corrected chi connectivity index (χ4v) is 2.71. The number of aliphatic hydroxyl groups excluding tert-OH is 1. The molecule has 2 rings (SSSR count). The molecule has 1 saturated carbocycles. The smallest absolute Gasteiger partial charge is 0.254 e. The summed E-state index contributed by atoms with van der Waals surface area (Å²) in [4.78, 5) is 12.1. The highest BCUT2D eigenvalue weighted by molar-refractivity contribution is 6.31. The molecule has 1 aliphatic carbocycles. The van der Waals surface area contributed by atoms with Crippen LogP contribution in [0.5, 0.6) is 0 Å². The van der Waals surface area contributed by atoms with Gasteiger partial charge in [-0.15, -0.1) is 0 Å². The lowest BCUT2D eigenvalue weighted by atomic mass is 9.82. The molecule has 0 spiro atoms. The summed E-state index contributed by atoms with van der Waals surface area (Å²) in [6.45, 7) is -0.124. The van der Waals surface area contributed by atoms with Gasteiger partial charge in [0.25, 0.3) is 5.91 Å². The second kappa shape index (κ2) is 5.88. The molecule has 3 nitrogen and oxygen atoms in total. The first-order chi connectivity index (χ1) is 9.08. The molecule has 104 valence electrons. The normalized spacial score (nSPS) is 18.1. The fourth-order valence-electron chi connectivity index (χ4n) is 2.54. The molecule has 0 atom stereocenters. The number of amides is 1. The predicted molar refractivity (Wildman–Crippen MR) is 71.8 cm³/mol. The molecule has 0 unspecified atom stereocenters. The zero-order valence-corrected chi connectivity index (χ0v) is 11.3. The number of carbonyl (C=O) groups is 1. The van der Waals surface area contributed by atoms with Gasteiger partial charge in [-0.1, -0.05) is 36.9 Å². The lowest BCUT2D eigenvalue weighted by molar-refractivity contribution is 0.0755. The first kappa shape index (κ1) is 14.3. The largest absolute Gasteiger partial charge is 0.394 e. The molecule has 0 saturated heterocycles. The Kier molecular flexibility index (Phi) is 4.42. The van der Waals surface area contributed by atoms with E-state index in [1.165, 1.54) is 18.2 Å². The van der Waals surface area contributed by atoms with Gasteiger partial charge in [-0.3, -0.25) is 4.79 Å². The first-order valence-corrected chi connectivity index (χ1v) is 6.83. The molecule has 0 radical (unpaired) electrons. The van der Waals surface area contributed by atoms with Crippen molar-refractivity contribution in [2.75, 3.05) is 6.61 Å². The van der Waals surface area contributed by atoms with E-state index in [0.29, 0.717) is 0 Å². The van der Waals surface area contributed by atoms with Crippen LogP contribution < -0.4 is 5.32 Å². The van der Waals surface area contributed by atoms with Crippen molar-refractivity contribution in [3.05, 3.63) is 34.6 Å². The average Bonchev–Trinajstić information content (AvgIpc) is 2.42. The van der Waals surface area contributed by atoms with E-state index < -0.39 is 17.3 Å². The Morgan fingerprint density at radius 2 is 2.05 bits per heavy atom. The highest BCUT2D eigenvalue weighted by Gasteiger charge is 2.33. The second-order valence-corrected chi connectivity index (χ2v) is 5.46. The van der Waals surface area contributed by atoms with Gasteiger partial charge in [0.2, 0.25) is 0 Å². The van der Waals surface area contributed by atoms with E-state index in [2.05, 4.69) is 5.32 Å². The molecule has 19 heavy (non-hydrogen) atoms. The van der Waals surface area contributed by atoms with Crippen molar-refractivity contribution >= 4 is 17.5 Å². The average molecular weight is 286 g/mol. The fraction of sp³-hybridized carbons (Fsp3) is 0.500. The third kappa shape index (κ3) is 3.07. The van der Waals surface area contributed by atoms with Crippen LogP contribution >= 0.6 is 11.6 Å². The van der Waals surface area contributed by atoms with Crippen molar-refractivity contribution in [3.63, 3.8) is 0 Å². The molecule has 0 heterocycles. The van der Waals surface area contributed by atoms with Crippen LogP contribution in [0.2, 0.25) is 5.02 Å². The van der Waals surface area contributed by atoms with Gasteiger partial charge in [-0.2, -0.15) is 0 Å². The number of nitrogens with one attached hydrogen (secondary N) is 1. The van der Waals surface area contributed by atoms with Crippen molar-refractivity contribution in [1.82, 2.24) is 5.32 Å². The van der Waals surface area contributed by atoms with Crippen LogP contribution in [0.25, 0.3) is 0 Å². The maximum Gasteiger partial charge on any atom is 0.254 e. The summed E-state index contributed by atoms with van der Waals surface area (Å²) < 4.78 is 13.8. The Morgan fingerprint density at radius 1 is 1.37 bits per heavy atom. The van der Waals surface area contributed by atoms with Gasteiger partial charge in [0, 0.05) is 0 Å². The molecule has 1 aromatic carbocycles. The third-order valence-corrected chi connectivity index (χ3v) is 3.98. The Labute approximate surface area is 116 Å². The SMILES string of the molecule is O=C(NC1(CO)CCCCC1)c1cccc(Cl)c1F. The van der Waals surface area contributed by atoms with E-state index in [1.807, 2.05) is 0 Å². The summed E-state index contributed by atoms with van der Waals surface area (Å²) in [5.41, 5.74) is -0.699. The third-order valence-electron chi connectivity index (χ3n) is 3.69. The summed E-state index contributed by atoms with van der Waals surface area (Å²) in [7, 11) is 0. The van der Waals surface area contributed by atoms with Gasteiger partial charge in [0.15, 0.2) is 5.82 Å². The van der Waals surface area contributed by atoms with Crippen molar-refractivity contribution in [2.24, 2.45) is 0 Å². The molecule has 1 aliphatic rings. The second-order valence-electron chi connectivity index (χ2n) is 5.05. The summed E-state index contributed by atoms with van der Waals surface area (Å²) >= 11 is 5.66. The van der Waals surface area contributed by atoms with Crippen molar-refractivity contribution < 1.29 is 14.3 Å². The summed E-state index contributed by atoms with van der Waals surface area (Å²) in [5.74, 6) is -1.23. The number of hydrogen-bond acceptors (Lipinski definition) is 2. The van der Waals surface area contributed by atoms with Crippen molar-refractivity contribution in [3.8, 4) is 0 Å². The van der Waals surface area contributed by atoms with Gasteiger partial charge in [0.1, 0.15) is 0 Å². The van der Waals surface area contributed by atoms with E-state index in [1.54, 1.807) is 0 Å². The molecule has 2 N–H and O–H groups in total. The highest BCUT2D eigenvalue weighted by atomic mass is 35.5. The standard InChI is InChI=1S/C14H17ClFNO2/c15-11-6-4-5-10(12(11)16)13(19)17-14(9-18)7-2-1-3-8-14/h4-6,18H,1-3,7-9H2,(H,17,19). The monoisotopic (exact) mass is 285 g/mol. The topological polar surface area (TPSA) is 49.3 Å². The minimum atomic E-state index is -0.717. The zero-order chi connectivity index (χ0) is 13.9. The van der Waals surface area contributed by atoms with Crippen LogP contribution in [0.4, 0.5) is 4.39 Å². The first-order valence-electron chi connectivity index (χ1n) is 6.45. The number of aliphatic hydroxyl groups is 1. The molecule has 0 bridgehead atoms. The van der Waals surface area contributed by atoms with Crippen LogP contribution in [-0.2, 0) is 0 Å². The maximum atomic E-state index is 13.8. The molecule has 5 heteroatoms. The molecule has 0 aliphatic heterocycles.